The molecule has 1 unspecified atom stereocenters. The largest absolute Gasteiger partial charge is 0.362 e. The van der Waals surface area contributed by atoms with E-state index < -0.39 is 0 Å². The summed E-state index contributed by atoms with van der Waals surface area (Å²) in [4.78, 5) is 31.2. The number of amides is 1. The quantitative estimate of drug-likeness (QED) is 0.718. The van der Waals surface area contributed by atoms with Gasteiger partial charge < -0.3 is 19.6 Å². The monoisotopic (exact) mass is 386 g/mol. The van der Waals surface area contributed by atoms with E-state index in [0.717, 1.165) is 69.2 Å². The van der Waals surface area contributed by atoms with Crippen molar-refractivity contribution in [2.45, 2.75) is 38.3 Å². The van der Waals surface area contributed by atoms with Gasteiger partial charge in [-0.1, -0.05) is 6.08 Å². The molecule has 0 bridgehead atoms. The van der Waals surface area contributed by atoms with E-state index in [0.29, 0.717) is 0 Å². The van der Waals surface area contributed by atoms with Gasteiger partial charge in [-0.15, -0.1) is 0 Å². The molecule has 0 radical (unpaired) electrons. The third-order valence-electron chi connectivity index (χ3n) is 5.49. The SMILES string of the molecule is CN(C)C/C=C/C(=O)N1CCCCC1c1nc2c(c(N(C)C)n1)CCN(C)C2. The Kier molecular flexibility index (Phi) is 6.67. The zero-order valence-electron chi connectivity index (χ0n) is 18.0. The molecule has 0 aromatic carbocycles. The number of likely N-dealkylation sites (N-methyl/N-ethyl adjacent to an activating group) is 2. The highest BCUT2D eigenvalue weighted by atomic mass is 16.2. The molecule has 1 aromatic rings. The van der Waals surface area contributed by atoms with Crippen LogP contribution in [0.25, 0.3) is 0 Å². The molecule has 28 heavy (non-hydrogen) atoms. The third kappa shape index (κ3) is 4.70. The predicted octanol–water partition coefficient (Wildman–Crippen LogP) is 1.70. The summed E-state index contributed by atoms with van der Waals surface area (Å²) in [5.41, 5.74) is 2.37. The molecule has 0 spiro atoms. The minimum Gasteiger partial charge on any atom is -0.362 e. The minimum atomic E-state index is -0.0403. The molecule has 2 aliphatic heterocycles. The smallest absolute Gasteiger partial charge is 0.246 e. The van der Waals surface area contributed by atoms with Crippen molar-refractivity contribution in [1.82, 2.24) is 24.7 Å². The first-order valence-corrected chi connectivity index (χ1v) is 10.2. The topological polar surface area (TPSA) is 55.8 Å². The van der Waals surface area contributed by atoms with Gasteiger partial charge in [0.1, 0.15) is 5.82 Å². The average Bonchev–Trinajstić information content (AvgIpc) is 2.66. The summed E-state index contributed by atoms with van der Waals surface area (Å²) < 4.78 is 0. The summed E-state index contributed by atoms with van der Waals surface area (Å²) in [6.45, 7) is 3.40. The molecule has 1 amide bonds. The molecular formula is C21H34N6O. The average molecular weight is 387 g/mol. The van der Waals surface area contributed by atoms with Crippen LogP contribution in [0.2, 0.25) is 0 Å². The molecule has 2 aliphatic rings. The molecule has 7 heteroatoms. The molecule has 1 fully saturated rings. The first kappa shape index (κ1) is 20.7. The number of carbonyl (C=O) groups is 1. The van der Waals surface area contributed by atoms with Crippen LogP contribution in [-0.4, -0.2) is 85.4 Å². The fraction of sp³-hybridized carbons (Fsp3) is 0.667. The van der Waals surface area contributed by atoms with Crippen LogP contribution in [-0.2, 0) is 17.8 Å². The van der Waals surface area contributed by atoms with Crippen LogP contribution in [0.5, 0.6) is 0 Å². The molecule has 154 valence electrons. The Morgan fingerprint density at radius 2 is 1.96 bits per heavy atom. The van der Waals surface area contributed by atoms with E-state index >= 15 is 0 Å². The Morgan fingerprint density at radius 3 is 2.68 bits per heavy atom. The van der Waals surface area contributed by atoms with E-state index in [2.05, 4.69) is 16.8 Å². The van der Waals surface area contributed by atoms with Gasteiger partial charge in [0.2, 0.25) is 5.91 Å². The van der Waals surface area contributed by atoms with Gasteiger partial charge in [-0.05, 0) is 46.8 Å². The molecule has 1 saturated heterocycles. The van der Waals surface area contributed by atoms with Crippen LogP contribution in [0.1, 0.15) is 42.4 Å². The zero-order valence-corrected chi connectivity index (χ0v) is 18.0. The van der Waals surface area contributed by atoms with E-state index in [1.807, 2.05) is 44.1 Å². The lowest BCUT2D eigenvalue weighted by atomic mass is 9.99. The number of nitrogens with zero attached hydrogens (tertiary/aromatic N) is 6. The molecule has 7 nitrogen and oxygen atoms in total. The number of hydrogen-bond donors (Lipinski definition) is 0. The van der Waals surface area contributed by atoms with E-state index in [1.165, 1.54) is 5.56 Å². The number of fused-ring (bicyclic) bond motifs is 1. The van der Waals surface area contributed by atoms with E-state index in [-0.39, 0.29) is 11.9 Å². The van der Waals surface area contributed by atoms with Crippen molar-refractivity contribution < 1.29 is 4.79 Å². The maximum absolute atomic E-state index is 12.9. The van der Waals surface area contributed by atoms with Crippen molar-refractivity contribution >= 4 is 11.7 Å². The first-order valence-electron chi connectivity index (χ1n) is 10.2. The molecule has 1 atom stereocenters. The van der Waals surface area contributed by atoms with Gasteiger partial charge >= 0.3 is 0 Å². The Balaban J connectivity index is 1.91. The van der Waals surface area contributed by atoms with Gasteiger partial charge in [-0.2, -0.15) is 0 Å². The van der Waals surface area contributed by atoms with E-state index in [9.17, 15) is 4.79 Å². The fourth-order valence-corrected chi connectivity index (χ4v) is 4.00. The molecular weight excluding hydrogens is 352 g/mol. The molecule has 0 aliphatic carbocycles. The summed E-state index contributed by atoms with van der Waals surface area (Å²) in [6.07, 6.45) is 7.68. The highest BCUT2D eigenvalue weighted by Crippen LogP contribution is 2.33. The highest BCUT2D eigenvalue weighted by Gasteiger charge is 2.31. The van der Waals surface area contributed by atoms with Crippen molar-refractivity contribution in [1.29, 1.82) is 0 Å². The van der Waals surface area contributed by atoms with E-state index in [1.54, 1.807) is 6.08 Å². The number of rotatable bonds is 5. The van der Waals surface area contributed by atoms with Gasteiger partial charge in [-0.3, -0.25) is 4.79 Å². The Bertz CT molecular complexity index is 730. The third-order valence-corrected chi connectivity index (χ3v) is 5.49. The second kappa shape index (κ2) is 9.01. The van der Waals surface area contributed by atoms with Crippen LogP contribution in [0.4, 0.5) is 5.82 Å². The van der Waals surface area contributed by atoms with Gasteiger partial charge in [0.05, 0.1) is 11.7 Å². The van der Waals surface area contributed by atoms with Crippen LogP contribution in [0.3, 0.4) is 0 Å². The van der Waals surface area contributed by atoms with Gasteiger partial charge in [0.15, 0.2) is 5.82 Å². The van der Waals surface area contributed by atoms with Gasteiger partial charge in [0, 0.05) is 51.9 Å². The highest BCUT2D eigenvalue weighted by molar-refractivity contribution is 5.88. The first-order chi connectivity index (χ1) is 13.4. The maximum atomic E-state index is 12.9. The second-order valence-electron chi connectivity index (χ2n) is 8.42. The number of likely N-dealkylation sites (tertiary alicyclic amines) is 1. The van der Waals surface area contributed by atoms with Crippen LogP contribution < -0.4 is 4.90 Å². The lowest BCUT2D eigenvalue weighted by Gasteiger charge is -2.35. The number of anilines is 1. The lowest BCUT2D eigenvalue weighted by molar-refractivity contribution is -0.130. The van der Waals surface area contributed by atoms with Crippen molar-refractivity contribution in [3.8, 4) is 0 Å². The predicted molar refractivity (Wildman–Crippen MR) is 112 cm³/mol. The van der Waals surface area contributed by atoms with Crippen molar-refractivity contribution in [3.63, 3.8) is 0 Å². The summed E-state index contributed by atoms with van der Waals surface area (Å²) in [7, 11) is 10.2. The fourth-order valence-electron chi connectivity index (χ4n) is 4.00. The Hall–Kier alpha value is -1.99. The van der Waals surface area contributed by atoms with Crippen LogP contribution >= 0.6 is 0 Å². The number of hydrogen-bond acceptors (Lipinski definition) is 6. The Morgan fingerprint density at radius 1 is 1.18 bits per heavy atom. The van der Waals surface area contributed by atoms with Crippen molar-refractivity contribution in [2.75, 3.05) is 59.8 Å². The molecule has 0 saturated carbocycles. The number of aromatic nitrogens is 2. The number of piperidine rings is 1. The summed E-state index contributed by atoms with van der Waals surface area (Å²) in [5, 5.41) is 0. The molecule has 0 N–H and O–H groups in total. The summed E-state index contributed by atoms with van der Waals surface area (Å²) in [5.74, 6) is 1.87. The summed E-state index contributed by atoms with van der Waals surface area (Å²) >= 11 is 0. The maximum Gasteiger partial charge on any atom is 0.246 e. The molecule has 1 aromatic heterocycles. The molecule has 3 rings (SSSR count). The Labute approximate surface area is 169 Å². The van der Waals surface area contributed by atoms with Crippen molar-refractivity contribution in [3.05, 3.63) is 29.2 Å². The van der Waals surface area contributed by atoms with E-state index in [4.69, 9.17) is 9.97 Å². The standard InChI is InChI=1S/C21H34N6O/c1-24(2)12-8-10-19(28)27-13-7-6-9-18(27)20-22-17-15-26(5)14-11-16(17)21(23-20)25(3)4/h8,10,18H,6-7,9,11-15H2,1-5H3/b10-8+. The normalized spacial score (nSPS) is 20.6. The van der Waals surface area contributed by atoms with Gasteiger partial charge in [-0.25, -0.2) is 9.97 Å². The van der Waals surface area contributed by atoms with Crippen LogP contribution in [0, 0.1) is 0 Å². The minimum absolute atomic E-state index is 0.0403. The molecule has 3 heterocycles. The van der Waals surface area contributed by atoms with Crippen molar-refractivity contribution in [2.24, 2.45) is 0 Å². The zero-order chi connectivity index (χ0) is 20.3. The number of carbonyl (C=O) groups excluding carboxylic acids is 1. The lowest BCUT2D eigenvalue weighted by Crippen LogP contribution is -2.39. The summed E-state index contributed by atoms with van der Waals surface area (Å²) in [6, 6.07) is -0.0403. The van der Waals surface area contributed by atoms with Gasteiger partial charge in [0.25, 0.3) is 0 Å². The van der Waals surface area contributed by atoms with Crippen LogP contribution in [0.15, 0.2) is 12.2 Å². The second-order valence-corrected chi connectivity index (χ2v) is 8.42.